The van der Waals surface area contributed by atoms with Crippen molar-refractivity contribution in [3.8, 4) is 23.3 Å². The fourth-order valence-electron chi connectivity index (χ4n) is 7.51. The molecule has 0 spiro atoms. The van der Waals surface area contributed by atoms with E-state index >= 15 is 4.39 Å². The van der Waals surface area contributed by atoms with Crippen LogP contribution >= 0.6 is 15.6 Å². The fraction of sp³-hybridized carbons (Fsp3) is 0.515. The molecule has 4 N–H and O–H groups in total. The van der Waals surface area contributed by atoms with Gasteiger partial charge in [0.15, 0.2) is 34.2 Å². The minimum Gasteiger partial charge on any atom is -0.476 e. The maximum Gasteiger partial charge on any atom is 0.530 e. The van der Waals surface area contributed by atoms with Crippen LogP contribution in [0.2, 0.25) is 0 Å². The third kappa shape index (κ3) is 6.49. The number of phosphoric acid groups is 2. The Morgan fingerprint density at radius 1 is 0.741 bits per heavy atom. The normalized spacial score (nSPS) is 32.9. The van der Waals surface area contributed by atoms with Gasteiger partial charge >= 0.3 is 15.6 Å². The van der Waals surface area contributed by atoms with Crippen molar-refractivity contribution in [2.24, 2.45) is 5.41 Å². The number of aromatic nitrogens is 8. The third-order valence-corrected chi connectivity index (χ3v) is 12.9. The Morgan fingerprint density at radius 2 is 1.19 bits per heavy atom. The number of benzene rings is 1. The lowest BCUT2D eigenvalue weighted by Gasteiger charge is -2.35. The molecule has 0 aliphatic carbocycles. The van der Waals surface area contributed by atoms with E-state index in [4.69, 9.17) is 57.6 Å². The molecule has 22 nitrogen and oxygen atoms in total. The highest BCUT2D eigenvalue weighted by Crippen LogP contribution is 2.62. The van der Waals surface area contributed by atoms with E-state index in [-0.39, 0.29) is 66.1 Å². The van der Waals surface area contributed by atoms with Crippen molar-refractivity contribution in [3.63, 3.8) is 0 Å². The zero-order valence-corrected chi connectivity index (χ0v) is 33.4. The molecule has 9 rings (SSSR count). The summed E-state index contributed by atoms with van der Waals surface area (Å²) in [5.41, 5.74) is 9.98. The van der Waals surface area contributed by atoms with Gasteiger partial charge in [0.1, 0.15) is 42.1 Å². The first-order valence-corrected chi connectivity index (χ1v) is 21.1. The SMILES string of the molecule is CCOc1nc(N)nc2c1ncn2[C@@H]1O[C@@H]2COP(=O)(Oc3ccc(OP4(=O)OC[C@H]5O[C@@H](n6cnc7c(OCC)nc(N)nc76)[C@](C)(F)[C@@H]5O4)cc3)O[C@H]2C1(C)C. The monoisotopic (exact) mass is 848 g/mol. The van der Waals surface area contributed by atoms with Crippen molar-refractivity contribution in [1.29, 1.82) is 0 Å². The first-order valence-electron chi connectivity index (χ1n) is 18.2. The van der Waals surface area contributed by atoms with Gasteiger partial charge in [-0.3, -0.25) is 27.2 Å². The second-order valence-electron chi connectivity index (χ2n) is 14.5. The van der Waals surface area contributed by atoms with Crippen LogP contribution in [0.3, 0.4) is 0 Å². The zero-order valence-electron chi connectivity index (χ0n) is 31.7. The topological polar surface area (TPSA) is 266 Å². The first kappa shape index (κ1) is 38.8. The molecule has 2 unspecified atom stereocenters. The van der Waals surface area contributed by atoms with Crippen molar-refractivity contribution in [2.75, 3.05) is 37.9 Å². The summed E-state index contributed by atoms with van der Waals surface area (Å²) in [5.74, 6) is 0.362. The van der Waals surface area contributed by atoms with Crippen molar-refractivity contribution < 1.29 is 59.6 Å². The number of halogens is 1. The van der Waals surface area contributed by atoms with Gasteiger partial charge in [-0.2, -0.15) is 19.9 Å². The molecule has 4 aromatic heterocycles. The number of hydrogen-bond donors (Lipinski definition) is 2. The summed E-state index contributed by atoms with van der Waals surface area (Å²) in [6.45, 7) is 8.80. The number of anilines is 2. The highest BCUT2D eigenvalue weighted by atomic mass is 31.2. The number of fused-ring (bicyclic) bond motifs is 4. The maximum absolute atomic E-state index is 16.7. The molecule has 4 aliphatic rings. The Hall–Kier alpha value is -4.73. The van der Waals surface area contributed by atoms with E-state index in [0.717, 1.165) is 0 Å². The molecule has 310 valence electrons. The molecule has 4 aliphatic heterocycles. The molecule has 0 saturated carbocycles. The molecule has 4 saturated heterocycles. The van der Waals surface area contributed by atoms with E-state index in [2.05, 4.69) is 29.9 Å². The summed E-state index contributed by atoms with van der Waals surface area (Å²) in [7, 11) is -8.60. The summed E-state index contributed by atoms with van der Waals surface area (Å²) >= 11 is 0. The van der Waals surface area contributed by atoms with Crippen LogP contribution in [0.25, 0.3) is 22.3 Å². The van der Waals surface area contributed by atoms with Gasteiger partial charge in [-0.1, -0.05) is 13.8 Å². The molecular weight excluding hydrogens is 809 g/mol. The van der Waals surface area contributed by atoms with Crippen LogP contribution in [0.15, 0.2) is 36.9 Å². The average Bonchev–Trinajstić information content (AvgIpc) is 3.90. The molecule has 9 atom stereocenters. The number of rotatable bonds is 10. The van der Waals surface area contributed by atoms with E-state index in [0.29, 0.717) is 17.8 Å². The summed E-state index contributed by atoms with van der Waals surface area (Å²) in [6, 6.07) is 5.54. The van der Waals surface area contributed by atoms with E-state index in [1.807, 2.05) is 20.8 Å². The molecule has 0 bridgehead atoms. The van der Waals surface area contributed by atoms with Gasteiger partial charge in [0.25, 0.3) is 0 Å². The number of nitrogen functional groups attached to an aromatic ring is 2. The standard InChI is InChI=1S/C33H39FN10O12P2/c1-6-47-26-20-24(39-30(35)41-26)43(14-37-20)28-32(3,4)22-18(51-28)12-49-57(45,55-22)53-16-8-10-17(11-9-16)54-58(46)50-13-19-23(56-58)33(5,34)29(52-19)44-15-38-21-25(44)40-31(36)42-27(21)48-7-2/h8-11,14-15,18-19,22-23,28-29H,6-7,12-13H2,1-5H3,(H2,35,39,41)(H2,36,40,42)/t18-,19-,22-,23-,28-,29-,33-,57?,58?/m1/s1. The summed E-state index contributed by atoms with van der Waals surface area (Å²) in [6.07, 6.45) is -2.86. The highest BCUT2D eigenvalue weighted by Gasteiger charge is 2.62. The van der Waals surface area contributed by atoms with Crippen molar-refractivity contribution in [1.82, 2.24) is 39.0 Å². The van der Waals surface area contributed by atoms with E-state index in [9.17, 15) is 9.13 Å². The predicted molar refractivity (Wildman–Crippen MR) is 197 cm³/mol. The number of nitrogens with zero attached hydrogens (tertiary/aromatic N) is 8. The van der Waals surface area contributed by atoms with Gasteiger partial charge in [0.05, 0.1) is 39.1 Å². The summed E-state index contributed by atoms with van der Waals surface area (Å²) < 4.78 is 105. The Balaban J connectivity index is 0.865. The lowest BCUT2D eigenvalue weighted by molar-refractivity contribution is -0.0656. The Kier molecular flexibility index (Phi) is 9.32. The summed E-state index contributed by atoms with van der Waals surface area (Å²) in [5, 5.41) is 0. The second kappa shape index (κ2) is 13.9. The minimum absolute atomic E-state index is 0.000532. The number of hydrogen-bond acceptors (Lipinski definition) is 20. The Morgan fingerprint density at radius 3 is 1.69 bits per heavy atom. The summed E-state index contributed by atoms with van der Waals surface area (Å²) in [4.78, 5) is 25.5. The number of imidazole rings is 2. The number of phosphoric ester groups is 2. The van der Waals surface area contributed by atoms with Gasteiger partial charge in [0.2, 0.25) is 23.7 Å². The zero-order chi connectivity index (χ0) is 40.8. The second-order valence-corrected chi connectivity index (χ2v) is 17.6. The maximum atomic E-state index is 16.7. The molecular formula is C33H39FN10O12P2. The van der Waals surface area contributed by atoms with Crippen LogP contribution in [0.4, 0.5) is 16.3 Å². The largest absolute Gasteiger partial charge is 0.530 e. The molecule has 58 heavy (non-hydrogen) atoms. The van der Waals surface area contributed by atoms with Crippen molar-refractivity contribution in [2.45, 2.75) is 77.2 Å². The molecule has 8 heterocycles. The number of nitrogens with two attached hydrogens (primary N) is 2. The third-order valence-electron chi connectivity index (χ3n) is 10.1. The van der Waals surface area contributed by atoms with Crippen LogP contribution < -0.4 is 30.0 Å². The molecule has 25 heteroatoms. The van der Waals surface area contributed by atoms with Crippen LogP contribution in [0, 0.1) is 5.41 Å². The van der Waals surface area contributed by atoms with Gasteiger partial charge in [-0.05, 0) is 45.0 Å². The number of alkyl halides is 1. The molecule has 0 radical (unpaired) electrons. The lowest BCUT2D eigenvalue weighted by Crippen LogP contribution is -2.45. The van der Waals surface area contributed by atoms with Crippen LogP contribution in [0.1, 0.15) is 47.1 Å². The fourth-order valence-corrected chi connectivity index (χ4v) is 10.5. The minimum atomic E-state index is -4.40. The van der Waals surface area contributed by atoms with Crippen LogP contribution in [0.5, 0.6) is 23.3 Å². The molecule has 4 fully saturated rings. The number of ether oxygens (including phenoxy) is 4. The van der Waals surface area contributed by atoms with Crippen molar-refractivity contribution >= 4 is 49.9 Å². The Labute approximate surface area is 328 Å². The van der Waals surface area contributed by atoms with Crippen molar-refractivity contribution in [3.05, 3.63) is 36.9 Å². The smallest absolute Gasteiger partial charge is 0.476 e. The van der Waals surface area contributed by atoms with E-state index in [1.54, 1.807) is 17.8 Å². The quantitative estimate of drug-likeness (QED) is 0.181. The van der Waals surface area contributed by atoms with Gasteiger partial charge in [0, 0.05) is 5.41 Å². The Bertz CT molecular complexity index is 2320. The van der Waals surface area contributed by atoms with Crippen LogP contribution in [-0.2, 0) is 36.7 Å². The molecule has 5 aromatic rings. The van der Waals surface area contributed by atoms with E-state index in [1.165, 1.54) is 42.1 Å². The first-order chi connectivity index (χ1) is 27.6. The van der Waals surface area contributed by atoms with Gasteiger partial charge < -0.3 is 39.5 Å². The van der Waals surface area contributed by atoms with Gasteiger partial charge in [-0.15, -0.1) is 0 Å². The van der Waals surface area contributed by atoms with Gasteiger partial charge in [-0.25, -0.2) is 23.5 Å². The predicted octanol–water partition coefficient (Wildman–Crippen LogP) is 4.68. The lowest BCUT2D eigenvalue weighted by atomic mass is 9.84. The molecule has 1 aromatic carbocycles. The highest BCUT2D eigenvalue weighted by molar-refractivity contribution is 7.49. The average molecular weight is 849 g/mol. The van der Waals surface area contributed by atoms with E-state index < -0.39 is 63.6 Å². The van der Waals surface area contributed by atoms with Crippen LogP contribution in [-0.4, -0.2) is 95.6 Å². The molecule has 0 amide bonds.